The van der Waals surface area contributed by atoms with Crippen molar-refractivity contribution in [2.75, 3.05) is 26.7 Å². The van der Waals surface area contributed by atoms with Gasteiger partial charge in [-0.2, -0.15) is 0 Å². The van der Waals surface area contributed by atoms with Gasteiger partial charge < -0.3 is 10.1 Å². The zero-order valence-corrected chi connectivity index (χ0v) is 15.1. The standard InChI is InChI=1S/C19H28N2OS/c1-3-14-8-9-18(22-2)17(11-14)19(23)20-12-16-5-4-10-21(16)13-15-6-7-15/h8-9,11,15-16H,3-7,10,12-13H2,1-2H3,(H,20,23). The number of ether oxygens (including phenoxy) is 1. The molecule has 4 heteroatoms. The monoisotopic (exact) mass is 332 g/mol. The summed E-state index contributed by atoms with van der Waals surface area (Å²) in [6, 6.07) is 6.93. The lowest BCUT2D eigenvalue weighted by Gasteiger charge is -2.25. The molecule has 1 atom stereocenters. The lowest BCUT2D eigenvalue weighted by molar-refractivity contribution is 0.244. The molecule has 0 amide bonds. The van der Waals surface area contributed by atoms with E-state index in [0.29, 0.717) is 6.04 Å². The summed E-state index contributed by atoms with van der Waals surface area (Å²) in [6.45, 7) is 5.65. The first-order valence-electron chi connectivity index (χ1n) is 8.90. The quantitative estimate of drug-likeness (QED) is 0.774. The maximum Gasteiger partial charge on any atom is 0.129 e. The molecule has 23 heavy (non-hydrogen) atoms. The van der Waals surface area contributed by atoms with Crippen molar-refractivity contribution >= 4 is 17.2 Å². The number of methoxy groups -OCH3 is 1. The number of hydrogen-bond donors (Lipinski definition) is 1. The van der Waals surface area contributed by atoms with E-state index in [1.807, 2.05) is 6.07 Å². The van der Waals surface area contributed by atoms with Crippen molar-refractivity contribution in [2.24, 2.45) is 5.92 Å². The normalized spacial score (nSPS) is 21.4. The van der Waals surface area contributed by atoms with Crippen LogP contribution >= 0.6 is 12.2 Å². The van der Waals surface area contributed by atoms with Crippen LogP contribution in [0.4, 0.5) is 0 Å². The van der Waals surface area contributed by atoms with Gasteiger partial charge in [0.15, 0.2) is 0 Å². The van der Waals surface area contributed by atoms with Crippen LogP contribution in [0.1, 0.15) is 43.7 Å². The van der Waals surface area contributed by atoms with Gasteiger partial charge in [0, 0.05) is 19.1 Å². The maximum absolute atomic E-state index is 5.65. The third kappa shape index (κ3) is 4.24. The molecule has 3 rings (SSSR count). The summed E-state index contributed by atoms with van der Waals surface area (Å²) in [5.41, 5.74) is 2.31. The van der Waals surface area contributed by atoms with Gasteiger partial charge in [-0.1, -0.05) is 25.2 Å². The van der Waals surface area contributed by atoms with Crippen molar-refractivity contribution in [3.05, 3.63) is 29.3 Å². The fourth-order valence-electron chi connectivity index (χ4n) is 3.46. The van der Waals surface area contributed by atoms with Gasteiger partial charge in [0.05, 0.1) is 12.7 Å². The molecular weight excluding hydrogens is 304 g/mol. The van der Waals surface area contributed by atoms with E-state index in [1.165, 1.54) is 44.3 Å². The average molecular weight is 333 g/mol. The van der Waals surface area contributed by atoms with E-state index in [2.05, 4.69) is 29.3 Å². The van der Waals surface area contributed by atoms with Crippen LogP contribution in [0.5, 0.6) is 5.75 Å². The molecule has 1 unspecified atom stereocenters. The SMILES string of the molecule is CCc1ccc(OC)c(C(=S)NCC2CCCN2CC2CC2)c1. The molecule has 2 fully saturated rings. The largest absolute Gasteiger partial charge is 0.496 e. The Kier molecular flexibility index (Phi) is 5.54. The fourth-order valence-corrected chi connectivity index (χ4v) is 3.70. The first-order chi connectivity index (χ1) is 11.2. The molecule has 0 aromatic heterocycles. The molecule has 1 saturated carbocycles. The smallest absolute Gasteiger partial charge is 0.129 e. The second-order valence-electron chi connectivity index (χ2n) is 6.83. The lowest BCUT2D eigenvalue weighted by atomic mass is 10.1. The maximum atomic E-state index is 5.65. The van der Waals surface area contributed by atoms with Crippen LogP contribution in [0.25, 0.3) is 0 Å². The van der Waals surface area contributed by atoms with Crippen molar-refractivity contribution in [3.8, 4) is 5.75 Å². The van der Waals surface area contributed by atoms with E-state index in [1.54, 1.807) is 7.11 Å². The number of nitrogens with zero attached hydrogens (tertiary/aromatic N) is 1. The van der Waals surface area contributed by atoms with Crippen molar-refractivity contribution < 1.29 is 4.74 Å². The number of nitrogens with one attached hydrogen (secondary N) is 1. The van der Waals surface area contributed by atoms with Crippen LogP contribution in [0.3, 0.4) is 0 Å². The second-order valence-corrected chi connectivity index (χ2v) is 7.24. The molecule has 1 aliphatic carbocycles. The summed E-state index contributed by atoms with van der Waals surface area (Å²) < 4.78 is 5.48. The molecule has 0 spiro atoms. The summed E-state index contributed by atoms with van der Waals surface area (Å²) in [6.07, 6.45) is 6.47. The van der Waals surface area contributed by atoms with Gasteiger partial charge in [0.1, 0.15) is 10.7 Å². The van der Waals surface area contributed by atoms with Gasteiger partial charge in [0.2, 0.25) is 0 Å². The molecule has 0 radical (unpaired) electrons. The van der Waals surface area contributed by atoms with E-state index in [-0.39, 0.29) is 0 Å². The molecular formula is C19H28N2OS. The molecule has 2 aliphatic rings. The van der Waals surface area contributed by atoms with Crippen LogP contribution in [-0.4, -0.2) is 42.7 Å². The number of benzene rings is 1. The van der Waals surface area contributed by atoms with E-state index in [9.17, 15) is 0 Å². The van der Waals surface area contributed by atoms with Crippen molar-refractivity contribution in [2.45, 2.75) is 45.1 Å². The first-order valence-corrected chi connectivity index (χ1v) is 9.31. The van der Waals surface area contributed by atoms with Gasteiger partial charge in [-0.05, 0) is 62.3 Å². The molecule has 1 heterocycles. The highest BCUT2D eigenvalue weighted by molar-refractivity contribution is 7.80. The molecule has 1 aromatic carbocycles. The zero-order valence-electron chi connectivity index (χ0n) is 14.3. The van der Waals surface area contributed by atoms with Gasteiger partial charge in [-0.15, -0.1) is 0 Å². The highest BCUT2D eigenvalue weighted by atomic mass is 32.1. The minimum atomic E-state index is 0.633. The minimum absolute atomic E-state index is 0.633. The van der Waals surface area contributed by atoms with E-state index in [0.717, 1.165) is 35.2 Å². The summed E-state index contributed by atoms with van der Waals surface area (Å²) in [4.78, 5) is 3.47. The fraction of sp³-hybridized carbons (Fsp3) is 0.632. The molecule has 3 nitrogen and oxygen atoms in total. The van der Waals surface area contributed by atoms with Gasteiger partial charge in [-0.25, -0.2) is 0 Å². The molecule has 1 saturated heterocycles. The van der Waals surface area contributed by atoms with E-state index >= 15 is 0 Å². The van der Waals surface area contributed by atoms with E-state index in [4.69, 9.17) is 17.0 Å². The topological polar surface area (TPSA) is 24.5 Å². The summed E-state index contributed by atoms with van der Waals surface area (Å²) in [5.74, 6) is 1.82. The summed E-state index contributed by atoms with van der Waals surface area (Å²) in [5, 5.41) is 3.50. The van der Waals surface area contributed by atoms with Gasteiger partial charge in [-0.3, -0.25) is 4.90 Å². The second kappa shape index (κ2) is 7.63. The molecule has 126 valence electrons. The number of aryl methyl sites for hydroxylation is 1. The van der Waals surface area contributed by atoms with Crippen LogP contribution < -0.4 is 10.1 Å². The zero-order chi connectivity index (χ0) is 16.2. The van der Waals surface area contributed by atoms with Crippen molar-refractivity contribution in [1.82, 2.24) is 10.2 Å². The molecule has 1 N–H and O–H groups in total. The molecule has 0 bridgehead atoms. The van der Waals surface area contributed by atoms with Crippen molar-refractivity contribution in [3.63, 3.8) is 0 Å². The highest BCUT2D eigenvalue weighted by Gasteiger charge is 2.30. The van der Waals surface area contributed by atoms with Crippen LogP contribution in [0.2, 0.25) is 0 Å². The van der Waals surface area contributed by atoms with Gasteiger partial charge in [0.25, 0.3) is 0 Å². The molecule has 1 aromatic rings. The Hall–Kier alpha value is -1.13. The number of hydrogen-bond acceptors (Lipinski definition) is 3. The first kappa shape index (κ1) is 16.7. The Morgan fingerprint density at radius 2 is 2.17 bits per heavy atom. The summed E-state index contributed by atoms with van der Waals surface area (Å²) in [7, 11) is 1.71. The lowest BCUT2D eigenvalue weighted by Crippen LogP contribution is -2.40. The third-order valence-corrected chi connectivity index (χ3v) is 5.47. The van der Waals surface area contributed by atoms with Crippen LogP contribution in [-0.2, 0) is 6.42 Å². The number of likely N-dealkylation sites (tertiary alicyclic amines) is 1. The van der Waals surface area contributed by atoms with Gasteiger partial charge >= 0.3 is 0 Å². The number of rotatable bonds is 7. The van der Waals surface area contributed by atoms with Crippen molar-refractivity contribution in [1.29, 1.82) is 0 Å². The average Bonchev–Trinajstić information content (AvgIpc) is 3.29. The Balaban J connectivity index is 1.60. The third-order valence-electron chi connectivity index (χ3n) is 5.10. The predicted octanol–water partition coefficient (Wildman–Crippen LogP) is 3.40. The Morgan fingerprint density at radius 3 is 2.87 bits per heavy atom. The minimum Gasteiger partial charge on any atom is -0.496 e. The Bertz CT molecular complexity index is 556. The Morgan fingerprint density at radius 1 is 1.35 bits per heavy atom. The summed E-state index contributed by atoms with van der Waals surface area (Å²) >= 11 is 5.65. The Labute approximate surface area is 145 Å². The number of thiocarbonyl (C=S) groups is 1. The van der Waals surface area contributed by atoms with E-state index < -0.39 is 0 Å². The highest BCUT2D eigenvalue weighted by Crippen LogP contribution is 2.32. The molecule has 1 aliphatic heterocycles. The predicted molar refractivity (Wildman–Crippen MR) is 99.4 cm³/mol. The van der Waals surface area contributed by atoms with Crippen LogP contribution in [0, 0.1) is 5.92 Å². The van der Waals surface area contributed by atoms with Crippen LogP contribution in [0.15, 0.2) is 18.2 Å².